The number of hydrogen-bond donors (Lipinski definition) is 1. The number of carbonyl (C=O) groups is 2. The molecule has 0 bridgehead atoms. The van der Waals surface area contributed by atoms with Crippen LogP contribution in [0, 0.1) is 0 Å². The van der Waals surface area contributed by atoms with Crippen molar-refractivity contribution in [3.8, 4) is 0 Å². The average molecular weight is 539 g/mol. The van der Waals surface area contributed by atoms with Crippen LogP contribution < -0.4 is 0 Å². The van der Waals surface area contributed by atoms with E-state index in [1.165, 1.54) is 128 Å². The van der Waals surface area contributed by atoms with Gasteiger partial charge in [-0.2, -0.15) is 0 Å². The highest BCUT2D eigenvalue weighted by molar-refractivity contribution is 5.85. The van der Waals surface area contributed by atoms with Crippen LogP contribution in [-0.4, -0.2) is 23.1 Å². The van der Waals surface area contributed by atoms with Crippen LogP contribution in [0.5, 0.6) is 0 Å². The minimum atomic E-state index is -0.488. The fourth-order valence-corrected chi connectivity index (χ4v) is 5.17. The summed E-state index contributed by atoms with van der Waals surface area (Å²) in [5.41, 5.74) is 0. The smallest absolute Gasteiger partial charge is 0.313 e. The van der Waals surface area contributed by atoms with E-state index in [1.54, 1.807) is 0 Å². The molecule has 0 spiro atoms. The summed E-state index contributed by atoms with van der Waals surface area (Å²) >= 11 is 0. The van der Waals surface area contributed by atoms with Crippen LogP contribution in [0.2, 0.25) is 0 Å². The molecule has 0 aliphatic heterocycles. The summed E-state index contributed by atoms with van der Waals surface area (Å²) < 4.78 is 4.94. The highest BCUT2D eigenvalue weighted by atomic mass is 16.6. The molecule has 38 heavy (non-hydrogen) atoms. The van der Waals surface area contributed by atoms with Gasteiger partial charge in [0, 0.05) is 12.8 Å². The number of rotatable bonds is 30. The first-order valence-corrected chi connectivity index (χ1v) is 17.0. The molecular weight excluding hydrogens is 472 g/mol. The lowest BCUT2D eigenvalue weighted by Crippen LogP contribution is -2.15. The second-order valence-corrected chi connectivity index (χ2v) is 11.7. The van der Waals surface area contributed by atoms with Crippen molar-refractivity contribution >= 4 is 11.9 Å². The van der Waals surface area contributed by atoms with E-state index in [1.807, 2.05) is 0 Å². The zero-order chi connectivity index (χ0) is 27.9. The Balaban J connectivity index is 3.41. The number of ether oxygens (including phenoxy) is 1. The molecule has 0 saturated heterocycles. The van der Waals surface area contributed by atoms with Gasteiger partial charge in [0.15, 0.2) is 0 Å². The van der Waals surface area contributed by atoms with Gasteiger partial charge in [0.05, 0.1) is 6.10 Å². The number of hydrogen-bond acceptors (Lipinski definition) is 4. The second kappa shape index (κ2) is 30.6. The first-order valence-electron chi connectivity index (χ1n) is 17.0. The van der Waals surface area contributed by atoms with E-state index >= 15 is 0 Å². The summed E-state index contributed by atoms with van der Waals surface area (Å²) in [4.78, 5) is 23.8. The van der Waals surface area contributed by atoms with Crippen molar-refractivity contribution in [3.05, 3.63) is 0 Å². The third-order valence-electron chi connectivity index (χ3n) is 7.78. The van der Waals surface area contributed by atoms with E-state index in [4.69, 9.17) is 4.74 Å². The lowest BCUT2D eigenvalue weighted by molar-refractivity contribution is -0.160. The van der Waals surface area contributed by atoms with E-state index < -0.39 is 18.0 Å². The molecule has 0 saturated carbocycles. The molecule has 0 aromatic carbocycles. The summed E-state index contributed by atoms with van der Waals surface area (Å²) in [5.74, 6) is -0.896. The molecule has 4 heteroatoms. The maximum atomic E-state index is 11.9. The van der Waals surface area contributed by atoms with Gasteiger partial charge >= 0.3 is 11.9 Å². The maximum absolute atomic E-state index is 11.9. The van der Waals surface area contributed by atoms with Gasteiger partial charge < -0.3 is 9.84 Å². The monoisotopic (exact) mass is 538 g/mol. The van der Waals surface area contributed by atoms with Gasteiger partial charge in [-0.05, 0) is 19.3 Å². The summed E-state index contributed by atoms with van der Waals surface area (Å²) in [6, 6.07) is 0. The molecule has 1 unspecified atom stereocenters. The van der Waals surface area contributed by atoms with Crippen molar-refractivity contribution in [3.63, 3.8) is 0 Å². The van der Waals surface area contributed by atoms with Crippen molar-refractivity contribution in [1.82, 2.24) is 0 Å². The van der Waals surface area contributed by atoms with Crippen LogP contribution >= 0.6 is 0 Å². The average Bonchev–Trinajstić information content (AvgIpc) is 2.90. The number of aliphatic hydroxyl groups excluding tert-OH is 1. The molecule has 4 nitrogen and oxygen atoms in total. The predicted octanol–water partition coefficient (Wildman–Crippen LogP) is 10.8. The number of esters is 2. The van der Waals surface area contributed by atoms with Crippen LogP contribution in [0.3, 0.4) is 0 Å². The molecule has 0 fully saturated rings. The molecule has 0 aromatic rings. The standard InChI is InChI=1S/C34H66O4/c1-3-5-7-9-11-13-15-17-19-21-23-25-27-29-33(36)38-34(37)31-30-32(35)28-26-24-22-20-18-16-14-12-10-8-6-4-2/h32,35H,3-31H2,1-2H3. The molecule has 0 rings (SSSR count). The molecule has 1 atom stereocenters. The zero-order valence-electron chi connectivity index (χ0n) is 25.8. The van der Waals surface area contributed by atoms with Crippen molar-refractivity contribution in [2.45, 2.75) is 206 Å². The van der Waals surface area contributed by atoms with Crippen LogP contribution in [0.4, 0.5) is 0 Å². The minimum Gasteiger partial charge on any atom is -0.393 e. The number of carbonyl (C=O) groups excluding carboxylic acids is 2. The Morgan fingerprint density at radius 1 is 0.447 bits per heavy atom. The van der Waals surface area contributed by atoms with Crippen LogP contribution in [0.1, 0.15) is 200 Å². The SMILES string of the molecule is CCCCCCCCCCCCCCCC(=O)OC(=O)CCC(O)CCCCCCCCCCCCCC. The first-order chi connectivity index (χ1) is 18.6. The third-order valence-corrected chi connectivity index (χ3v) is 7.78. The Morgan fingerprint density at radius 2 is 0.763 bits per heavy atom. The largest absolute Gasteiger partial charge is 0.393 e. The number of unbranched alkanes of at least 4 members (excludes halogenated alkanes) is 23. The van der Waals surface area contributed by atoms with E-state index in [-0.39, 0.29) is 6.42 Å². The van der Waals surface area contributed by atoms with Crippen molar-refractivity contribution in [2.75, 3.05) is 0 Å². The highest BCUT2D eigenvalue weighted by Crippen LogP contribution is 2.15. The molecular formula is C34H66O4. The quantitative estimate of drug-likeness (QED) is 0.0561. The zero-order valence-corrected chi connectivity index (χ0v) is 25.8. The fourth-order valence-electron chi connectivity index (χ4n) is 5.17. The topological polar surface area (TPSA) is 63.6 Å². The van der Waals surface area contributed by atoms with Gasteiger partial charge in [-0.3, -0.25) is 9.59 Å². The van der Waals surface area contributed by atoms with E-state index in [0.29, 0.717) is 12.8 Å². The Morgan fingerprint density at radius 3 is 1.16 bits per heavy atom. The van der Waals surface area contributed by atoms with E-state index in [2.05, 4.69) is 13.8 Å². The maximum Gasteiger partial charge on any atom is 0.313 e. The Labute approximate surface area is 237 Å². The second-order valence-electron chi connectivity index (χ2n) is 11.7. The predicted molar refractivity (Wildman–Crippen MR) is 162 cm³/mol. The summed E-state index contributed by atoms with van der Waals surface area (Å²) in [6.45, 7) is 4.52. The molecule has 0 heterocycles. The summed E-state index contributed by atoms with van der Waals surface area (Å²) in [6.07, 6.45) is 33.2. The molecule has 0 aliphatic carbocycles. The molecule has 1 N–H and O–H groups in total. The van der Waals surface area contributed by atoms with Gasteiger partial charge in [0.25, 0.3) is 0 Å². The Kier molecular flexibility index (Phi) is 29.9. The first kappa shape index (κ1) is 37.1. The molecule has 0 aliphatic rings. The number of aliphatic hydroxyl groups is 1. The summed E-state index contributed by atoms with van der Waals surface area (Å²) in [7, 11) is 0. The lowest BCUT2D eigenvalue weighted by Gasteiger charge is -2.10. The van der Waals surface area contributed by atoms with Gasteiger partial charge in [-0.25, -0.2) is 0 Å². The van der Waals surface area contributed by atoms with Gasteiger partial charge in [-0.1, -0.05) is 168 Å². The molecule has 0 aromatic heterocycles. The van der Waals surface area contributed by atoms with Crippen molar-refractivity contribution in [2.24, 2.45) is 0 Å². The van der Waals surface area contributed by atoms with Gasteiger partial charge in [0.1, 0.15) is 0 Å². The van der Waals surface area contributed by atoms with Crippen molar-refractivity contribution in [1.29, 1.82) is 0 Å². The highest BCUT2D eigenvalue weighted by Gasteiger charge is 2.13. The summed E-state index contributed by atoms with van der Waals surface area (Å²) in [5, 5.41) is 10.1. The fraction of sp³-hybridized carbons (Fsp3) is 0.941. The Hall–Kier alpha value is -0.900. The van der Waals surface area contributed by atoms with Gasteiger partial charge in [-0.15, -0.1) is 0 Å². The van der Waals surface area contributed by atoms with Crippen LogP contribution in [0.25, 0.3) is 0 Å². The van der Waals surface area contributed by atoms with Gasteiger partial charge in [0.2, 0.25) is 0 Å². The lowest BCUT2D eigenvalue weighted by atomic mass is 10.0. The van der Waals surface area contributed by atoms with Crippen LogP contribution in [0.15, 0.2) is 0 Å². The normalized spacial score (nSPS) is 12.1. The van der Waals surface area contributed by atoms with Crippen LogP contribution in [-0.2, 0) is 14.3 Å². The minimum absolute atomic E-state index is 0.129. The Bertz CT molecular complexity index is 505. The molecule has 226 valence electrons. The molecule has 0 radical (unpaired) electrons. The third kappa shape index (κ3) is 29.7. The van der Waals surface area contributed by atoms with E-state index in [9.17, 15) is 14.7 Å². The molecule has 0 amide bonds. The van der Waals surface area contributed by atoms with Crippen molar-refractivity contribution < 1.29 is 19.4 Å². The van der Waals surface area contributed by atoms with E-state index in [0.717, 1.165) is 38.5 Å².